The Labute approximate surface area is 335 Å². The summed E-state index contributed by atoms with van der Waals surface area (Å²) in [5.41, 5.74) is 0. The van der Waals surface area contributed by atoms with E-state index in [0.717, 1.165) is 70.6 Å². The van der Waals surface area contributed by atoms with Gasteiger partial charge in [-0.05, 0) is 70.6 Å². The smallest absolute Gasteiger partial charge is 0.306 e. The van der Waals surface area contributed by atoms with Crippen LogP contribution < -0.4 is 5.11 Å². The van der Waals surface area contributed by atoms with Gasteiger partial charge in [-0.1, -0.05) is 137 Å². The monoisotopic (exact) mass is 768 g/mol. The van der Waals surface area contributed by atoms with Crippen molar-refractivity contribution in [1.29, 1.82) is 0 Å². The summed E-state index contributed by atoms with van der Waals surface area (Å²) in [6.45, 7) is 4.40. The van der Waals surface area contributed by atoms with Gasteiger partial charge in [0.1, 0.15) is 12.6 Å². The van der Waals surface area contributed by atoms with Gasteiger partial charge in [-0.3, -0.25) is 9.59 Å². The summed E-state index contributed by atoms with van der Waals surface area (Å²) in [6, 6.07) is -0.742. The number of carbonyl (C=O) groups is 3. The maximum Gasteiger partial charge on any atom is 0.306 e. The number of ether oxygens (including phenoxy) is 3. The summed E-state index contributed by atoms with van der Waals surface area (Å²) >= 11 is 0. The van der Waals surface area contributed by atoms with Crippen molar-refractivity contribution in [3.63, 3.8) is 0 Å². The van der Waals surface area contributed by atoms with Crippen molar-refractivity contribution in [2.45, 2.75) is 154 Å². The molecule has 8 heteroatoms. The van der Waals surface area contributed by atoms with Gasteiger partial charge in [-0.25, -0.2) is 0 Å². The fourth-order valence-electron chi connectivity index (χ4n) is 5.52. The van der Waals surface area contributed by atoms with Crippen LogP contribution in [0.3, 0.4) is 0 Å². The number of quaternary nitrogens is 1. The third-order valence-corrected chi connectivity index (χ3v) is 8.81. The molecule has 0 fully saturated rings. The van der Waals surface area contributed by atoms with E-state index < -0.39 is 18.1 Å². The van der Waals surface area contributed by atoms with E-state index in [4.69, 9.17) is 14.2 Å². The Hall–Kier alpha value is -3.49. The quantitative estimate of drug-likeness (QED) is 0.0206. The maximum atomic E-state index is 12.7. The highest BCUT2D eigenvalue weighted by Gasteiger charge is 2.25. The molecule has 0 rings (SSSR count). The third-order valence-electron chi connectivity index (χ3n) is 8.81. The number of nitrogens with zero attached hydrogens (tertiary/aromatic N) is 1. The summed E-state index contributed by atoms with van der Waals surface area (Å²) in [6.07, 6.45) is 47.6. The average molecular weight is 768 g/mol. The minimum atomic E-state index is -1.14. The van der Waals surface area contributed by atoms with E-state index >= 15 is 0 Å². The molecule has 8 nitrogen and oxygen atoms in total. The minimum absolute atomic E-state index is 0.00773. The van der Waals surface area contributed by atoms with Crippen LogP contribution in [0.2, 0.25) is 0 Å². The molecule has 2 atom stereocenters. The SMILES string of the molecule is CC/C=C/C/C=C/C/C=C/C/C=C/C/C=C/CCC(=O)OCC(COCCC(C(=O)[O-])[N+](C)(C)C)OC(=O)CCCCCCCC/C=C/C=C/CCCCC. The van der Waals surface area contributed by atoms with Crippen molar-refractivity contribution >= 4 is 17.9 Å². The number of hydrogen-bond donors (Lipinski definition) is 0. The van der Waals surface area contributed by atoms with Crippen molar-refractivity contribution in [1.82, 2.24) is 0 Å². The second-order valence-corrected chi connectivity index (χ2v) is 14.9. The molecule has 0 amide bonds. The Morgan fingerprint density at radius 1 is 0.582 bits per heavy atom. The molecule has 0 aliphatic rings. The molecule has 0 heterocycles. The van der Waals surface area contributed by atoms with Gasteiger partial charge in [-0.15, -0.1) is 0 Å². The van der Waals surface area contributed by atoms with Gasteiger partial charge >= 0.3 is 11.9 Å². The standard InChI is InChI=1S/C47H77NO7/c1-6-8-10-12-14-16-18-20-22-24-25-27-29-31-33-35-37-45(49)54-42-43(41-53-40-39-44(47(51)52)48(3,4)5)55-46(50)38-36-34-32-30-28-26-23-21-19-17-15-13-11-9-7-2/h8,10,14-17,19-22,25,27,31,33,43-44H,6-7,9,11-13,18,23-24,26,28-30,32,34-42H2,1-5H3/b10-8+,16-14+,17-15+,21-19+,22-20+,27-25+,33-31+. The van der Waals surface area contributed by atoms with E-state index in [1.54, 1.807) is 21.1 Å². The number of esters is 2. The predicted molar refractivity (Wildman–Crippen MR) is 226 cm³/mol. The first-order chi connectivity index (χ1) is 26.6. The van der Waals surface area contributed by atoms with Crippen LogP contribution >= 0.6 is 0 Å². The van der Waals surface area contributed by atoms with Crippen molar-refractivity contribution in [2.24, 2.45) is 0 Å². The van der Waals surface area contributed by atoms with E-state index in [-0.39, 0.29) is 55.5 Å². The molecular weight excluding hydrogens is 691 g/mol. The number of carboxylic acid groups (broad SMARTS) is 1. The molecule has 0 radical (unpaired) electrons. The summed E-state index contributed by atoms with van der Waals surface area (Å²) in [7, 11) is 5.37. The molecule has 0 aromatic rings. The van der Waals surface area contributed by atoms with Crippen LogP contribution in [0.4, 0.5) is 0 Å². The van der Waals surface area contributed by atoms with Crippen LogP contribution in [0.15, 0.2) is 85.1 Å². The summed E-state index contributed by atoms with van der Waals surface area (Å²) < 4.78 is 17.0. The fourth-order valence-corrected chi connectivity index (χ4v) is 5.52. The minimum Gasteiger partial charge on any atom is -0.544 e. The Kier molecular flexibility index (Phi) is 35.1. The average Bonchev–Trinajstić information content (AvgIpc) is 3.14. The van der Waals surface area contributed by atoms with Gasteiger partial charge < -0.3 is 28.6 Å². The molecule has 0 aromatic heterocycles. The maximum absolute atomic E-state index is 12.7. The Morgan fingerprint density at radius 2 is 1.11 bits per heavy atom. The molecule has 0 N–H and O–H groups in total. The van der Waals surface area contributed by atoms with Crippen LogP contribution in [-0.4, -0.2) is 75.5 Å². The third kappa shape index (κ3) is 35.9. The van der Waals surface area contributed by atoms with Gasteiger partial charge in [0.25, 0.3) is 0 Å². The Bertz CT molecular complexity index is 1170. The Morgan fingerprint density at radius 3 is 1.65 bits per heavy atom. The zero-order valence-electron chi connectivity index (χ0n) is 35.3. The number of carboxylic acids is 1. The zero-order chi connectivity index (χ0) is 40.7. The topological polar surface area (TPSA) is 102 Å². The van der Waals surface area contributed by atoms with Gasteiger partial charge in [0.15, 0.2) is 6.10 Å². The van der Waals surface area contributed by atoms with Crippen LogP contribution in [-0.2, 0) is 28.6 Å². The van der Waals surface area contributed by atoms with Gasteiger partial charge in [-0.2, -0.15) is 0 Å². The largest absolute Gasteiger partial charge is 0.544 e. The Balaban J connectivity index is 4.53. The van der Waals surface area contributed by atoms with Crippen molar-refractivity contribution in [2.75, 3.05) is 41.0 Å². The number of rotatable bonds is 36. The van der Waals surface area contributed by atoms with Crippen molar-refractivity contribution in [3.8, 4) is 0 Å². The highest BCUT2D eigenvalue weighted by molar-refractivity contribution is 5.70. The molecule has 0 aliphatic carbocycles. The van der Waals surface area contributed by atoms with Crippen LogP contribution in [0.1, 0.15) is 142 Å². The summed E-state index contributed by atoms with van der Waals surface area (Å²) in [4.78, 5) is 36.8. The first-order valence-electron chi connectivity index (χ1n) is 21.1. The van der Waals surface area contributed by atoms with Gasteiger partial charge in [0, 0.05) is 19.3 Å². The molecule has 2 unspecified atom stereocenters. The lowest BCUT2D eigenvalue weighted by Gasteiger charge is -2.34. The first kappa shape index (κ1) is 51.5. The van der Waals surface area contributed by atoms with Gasteiger partial charge in [0.05, 0.1) is 40.3 Å². The van der Waals surface area contributed by atoms with Crippen molar-refractivity contribution < 1.29 is 38.2 Å². The lowest BCUT2D eigenvalue weighted by molar-refractivity contribution is -0.889. The highest BCUT2D eigenvalue weighted by Crippen LogP contribution is 2.12. The molecule has 0 aliphatic heterocycles. The molecule has 0 aromatic carbocycles. The molecular formula is C47H77NO7. The fraction of sp³-hybridized carbons (Fsp3) is 0.638. The zero-order valence-corrected chi connectivity index (χ0v) is 35.3. The molecule has 0 saturated carbocycles. The van der Waals surface area contributed by atoms with Crippen LogP contribution in [0.25, 0.3) is 0 Å². The number of unbranched alkanes of at least 4 members (excludes halogenated alkanes) is 9. The molecule has 0 saturated heterocycles. The van der Waals surface area contributed by atoms with E-state index in [0.29, 0.717) is 6.42 Å². The van der Waals surface area contributed by atoms with E-state index in [1.807, 2.05) is 12.2 Å². The van der Waals surface area contributed by atoms with E-state index in [1.165, 1.54) is 32.1 Å². The summed E-state index contributed by atoms with van der Waals surface area (Å²) in [5.74, 6) is -1.87. The second-order valence-electron chi connectivity index (χ2n) is 14.9. The first-order valence-corrected chi connectivity index (χ1v) is 21.1. The second kappa shape index (κ2) is 37.4. The van der Waals surface area contributed by atoms with Crippen LogP contribution in [0, 0.1) is 0 Å². The normalized spacial score (nSPS) is 13.8. The van der Waals surface area contributed by atoms with Crippen LogP contribution in [0.5, 0.6) is 0 Å². The molecule has 0 spiro atoms. The molecule has 0 bridgehead atoms. The number of aliphatic carboxylic acids is 1. The number of hydrogen-bond acceptors (Lipinski definition) is 7. The lowest BCUT2D eigenvalue weighted by atomic mass is 10.1. The molecule has 312 valence electrons. The van der Waals surface area contributed by atoms with Gasteiger partial charge in [0.2, 0.25) is 0 Å². The number of likely N-dealkylation sites (N-methyl/N-ethyl adjacent to an activating group) is 1. The van der Waals surface area contributed by atoms with E-state index in [9.17, 15) is 19.5 Å². The number of allylic oxidation sites excluding steroid dienone is 14. The molecule has 55 heavy (non-hydrogen) atoms. The van der Waals surface area contributed by atoms with E-state index in [2.05, 4.69) is 86.8 Å². The predicted octanol–water partition coefficient (Wildman–Crippen LogP) is 10.0. The summed E-state index contributed by atoms with van der Waals surface area (Å²) in [5, 5.41) is 11.6. The number of carbonyl (C=O) groups excluding carboxylic acids is 3. The lowest BCUT2D eigenvalue weighted by Crippen LogP contribution is -2.55. The van der Waals surface area contributed by atoms with Crippen molar-refractivity contribution in [3.05, 3.63) is 85.1 Å². The highest BCUT2D eigenvalue weighted by atomic mass is 16.6.